The lowest BCUT2D eigenvalue weighted by Gasteiger charge is -2.09. The number of nitrogens with zero attached hydrogens (tertiary/aromatic N) is 3. The summed E-state index contributed by atoms with van der Waals surface area (Å²) >= 11 is 0. The van der Waals surface area contributed by atoms with Crippen LogP contribution in [0.4, 0.5) is 0 Å². The predicted molar refractivity (Wildman–Crippen MR) is 76.8 cm³/mol. The third-order valence-electron chi connectivity index (χ3n) is 3.05. The van der Waals surface area contributed by atoms with Gasteiger partial charge < -0.3 is 4.74 Å². The number of ether oxygens (including phenoxy) is 1. The maximum absolute atomic E-state index is 12.3. The fourth-order valence-corrected chi connectivity index (χ4v) is 2.01. The maximum Gasteiger partial charge on any atom is 0.360 e. The van der Waals surface area contributed by atoms with Gasteiger partial charge in [0.2, 0.25) is 0 Å². The zero-order valence-electron chi connectivity index (χ0n) is 11.7. The first-order valence-corrected chi connectivity index (χ1v) is 6.73. The van der Waals surface area contributed by atoms with Crippen LogP contribution in [0.3, 0.4) is 0 Å². The van der Waals surface area contributed by atoms with Crippen molar-refractivity contribution in [3.63, 3.8) is 0 Å². The Morgan fingerprint density at radius 1 is 1.38 bits per heavy atom. The minimum absolute atomic E-state index is 0.0663. The molecule has 0 fully saturated rings. The maximum atomic E-state index is 12.3. The SMILES string of the molecule is CCCCn1nc(C(=O)OCC#N)c2ccccc2c1=O. The second-order valence-corrected chi connectivity index (χ2v) is 4.51. The van der Waals surface area contributed by atoms with Crippen molar-refractivity contribution in [2.24, 2.45) is 0 Å². The van der Waals surface area contributed by atoms with E-state index in [0.717, 1.165) is 12.8 Å². The van der Waals surface area contributed by atoms with Crippen molar-refractivity contribution in [1.29, 1.82) is 5.26 Å². The first-order valence-electron chi connectivity index (χ1n) is 6.73. The molecule has 0 bridgehead atoms. The lowest BCUT2D eigenvalue weighted by atomic mass is 10.1. The fourth-order valence-electron chi connectivity index (χ4n) is 2.01. The summed E-state index contributed by atoms with van der Waals surface area (Å²) < 4.78 is 6.09. The van der Waals surface area contributed by atoms with Crippen LogP contribution in [0.15, 0.2) is 29.1 Å². The normalized spacial score (nSPS) is 10.3. The molecule has 6 heteroatoms. The van der Waals surface area contributed by atoms with Gasteiger partial charge in [-0.05, 0) is 12.5 Å². The lowest BCUT2D eigenvalue weighted by molar-refractivity contribution is 0.0547. The summed E-state index contributed by atoms with van der Waals surface area (Å²) in [6, 6.07) is 8.50. The molecular formula is C15H15N3O3. The van der Waals surface area contributed by atoms with E-state index in [1.54, 1.807) is 30.3 Å². The van der Waals surface area contributed by atoms with Crippen LogP contribution in [0, 0.1) is 11.3 Å². The van der Waals surface area contributed by atoms with Gasteiger partial charge in [0.1, 0.15) is 6.07 Å². The average molecular weight is 285 g/mol. The minimum Gasteiger partial charge on any atom is -0.445 e. The number of aromatic nitrogens is 2. The van der Waals surface area contributed by atoms with Crippen molar-refractivity contribution in [2.45, 2.75) is 26.3 Å². The van der Waals surface area contributed by atoms with Crippen molar-refractivity contribution in [2.75, 3.05) is 6.61 Å². The molecule has 2 aromatic rings. The molecule has 108 valence electrons. The largest absolute Gasteiger partial charge is 0.445 e. The van der Waals surface area contributed by atoms with E-state index in [1.807, 2.05) is 6.92 Å². The van der Waals surface area contributed by atoms with Gasteiger partial charge in [-0.3, -0.25) is 4.79 Å². The molecule has 2 rings (SSSR count). The van der Waals surface area contributed by atoms with Gasteiger partial charge in [0.25, 0.3) is 5.56 Å². The van der Waals surface area contributed by atoms with Gasteiger partial charge in [-0.25, -0.2) is 9.48 Å². The fraction of sp³-hybridized carbons (Fsp3) is 0.333. The Morgan fingerprint density at radius 3 is 2.76 bits per heavy atom. The monoisotopic (exact) mass is 285 g/mol. The van der Waals surface area contributed by atoms with Crippen molar-refractivity contribution < 1.29 is 9.53 Å². The predicted octanol–water partition coefficient (Wildman–Crippen LogP) is 1.88. The summed E-state index contributed by atoms with van der Waals surface area (Å²) in [5.74, 6) is -0.696. The van der Waals surface area contributed by atoms with Gasteiger partial charge in [-0.15, -0.1) is 0 Å². The van der Waals surface area contributed by atoms with Crippen molar-refractivity contribution in [1.82, 2.24) is 9.78 Å². The molecule has 0 radical (unpaired) electrons. The molecule has 1 aromatic carbocycles. The highest BCUT2D eigenvalue weighted by atomic mass is 16.5. The molecule has 0 aliphatic heterocycles. The number of aryl methyl sites for hydroxylation is 1. The van der Waals surface area contributed by atoms with Gasteiger partial charge in [-0.2, -0.15) is 10.4 Å². The number of hydrogen-bond acceptors (Lipinski definition) is 5. The van der Waals surface area contributed by atoms with E-state index >= 15 is 0 Å². The van der Waals surface area contributed by atoms with Gasteiger partial charge in [-0.1, -0.05) is 31.5 Å². The van der Waals surface area contributed by atoms with Gasteiger partial charge in [0.15, 0.2) is 12.3 Å². The number of fused-ring (bicyclic) bond motifs is 1. The molecule has 6 nitrogen and oxygen atoms in total. The van der Waals surface area contributed by atoms with Crippen LogP contribution in [0.2, 0.25) is 0 Å². The summed E-state index contributed by atoms with van der Waals surface area (Å²) in [5.41, 5.74) is -0.160. The molecule has 1 heterocycles. The summed E-state index contributed by atoms with van der Waals surface area (Å²) in [6.07, 6.45) is 1.70. The molecule has 0 atom stereocenters. The van der Waals surface area contributed by atoms with Crippen LogP contribution in [-0.4, -0.2) is 22.4 Å². The minimum atomic E-state index is -0.696. The molecule has 0 N–H and O–H groups in total. The number of hydrogen-bond donors (Lipinski definition) is 0. The molecular weight excluding hydrogens is 270 g/mol. The second-order valence-electron chi connectivity index (χ2n) is 4.51. The van der Waals surface area contributed by atoms with Crippen LogP contribution >= 0.6 is 0 Å². The second kappa shape index (κ2) is 6.66. The van der Waals surface area contributed by atoms with E-state index in [9.17, 15) is 9.59 Å². The Labute approximate surface area is 121 Å². The number of carbonyl (C=O) groups excluding carboxylic acids is 1. The highest BCUT2D eigenvalue weighted by molar-refractivity contribution is 6.02. The lowest BCUT2D eigenvalue weighted by Crippen LogP contribution is -2.26. The molecule has 0 aliphatic carbocycles. The number of nitriles is 1. The quantitative estimate of drug-likeness (QED) is 0.783. The summed E-state index contributed by atoms with van der Waals surface area (Å²) in [6.45, 7) is 2.11. The first kappa shape index (κ1) is 14.7. The van der Waals surface area contributed by atoms with Crippen LogP contribution < -0.4 is 5.56 Å². The van der Waals surface area contributed by atoms with E-state index in [2.05, 4.69) is 5.10 Å². The zero-order chi connectivity index (χ0) is 15.2. The van der Waals surface area contributed by atoms with E-state index in [1.165, 1.54) is 4.68 Å². The third-order valence-corrected chi connectivity index (χ3v) is 3.05. The van der Waals surface area contributed by atoms with Crippen LogP contribution in [0.5, 0.6) is 0 Å². The third kappa shape index (κ3) is 3.08. The number of unbranched alkanes of at least 4 members (excludes halogenated alkanes) is 1. The molecule has 0 aliphatic rings. The van der Waals surface area contributed by atoms with Gasteiger partial charge >= 0.3 is 5.97 Å². The summed E-state index contributed by atoms with van der Waals surface area (Å²) in [4.78, 5) is 24.3. The summed E-state index contributed by atoms with van der Waals surface area (Å²) in [7, 11) is 0. The van der Waals surface area contributed by atoms with Crippen molar-refractivity contribution in [3.05, 3.63) is 40.3 Å². The smallest absolute Gasteiger partial charge is 0.360 e. The summed E-state index contributed by atoms with van der Waals surface area (Å²) in [5, 5.41) is 13.5. The van der Waals surface area contributed by atoms with Crippen molar-refractivity contribution in [3.8, 4) is 6.07 Å². The van der Waals surface area contributed by atoms with Gasteiger partial charge in [0.05, 0.1) is 5.39 Å². The molecule has 1 aromatic heterocycles. The Bertz CT molecular complexity index is 759. The van der Waals surface area contributed by atoms with Crippen LogP contribution in [0.25, 0.3) is 10.8 Å². The Kier molecular flexibility index (Phi) is 4.67. The molecule has 0 unspecified atom stereocenters. The average Bonchev–Trinajstić information content (AvgIpc) is 2.52. The molecule has 0 spiro atoms. The molecule has 0 amide bonds. The van der Waals surface area contributed by atoms with E-state index in [-0.39, 0.29) is 17.9 Å². The molecule has 21 heavy (non-hydrogen) atoms. The number of rotatable bonds is 5. The van der Waals surface area contributed by atoms with Crippen molar-refractivity contribution >= 4 is 16.7 Å². The van der Waals surface area contributed by atoms with Gasteiger partial charge in [0, 0.05) is 11.9 Å². The Morgan fingerprint density at radius 2 is 2.10 bits per heavy atom. The Balaban J connectivity index is 2.57. The van der Waals surface area contributed by atoms with E-state index in [0.29, 0.717) is 17.3 Å². The van der Waals surface area contributed by atoms with E-state index < -0.39 is 5.97 Å². The molecule has 0 saturated carbocycles. The zero-order valence-corrected chi connectivity index (χ0v) is 11.7. The highest BCUT2D eigenvalue weighted by Crippen LogP contribution is 2.14. The highest BCUT2D eigenvalue weighted by Gasteiger charge is 2.17. The topological polar surface area (TPSA) is 85.0 Å². The number of esters is 1. The Hall–Kier alpha value is -2.68. The van der Waals surface area contributed by atoms with Crippen LogP contribution in [0.1, 0.15) is 30.3 Å². The standard InChI is InChI=1S/C15H15N3O3/c1-2-3-9-18-14(19)12-7-5-4-6-11(12)13(17-18)15(20)21-10-8-16/h4-7H,2-3,9-10H2,1H3. The first-order chi connectivity index (χ1) is 10.2. The number of carbonyl (C=O) groups is 1. The van der Waals surface area contributed by atoms with E-state index in [4.69, 9.17) is 10.00 Å². The number of benzene rings is 1. The molecule has 0 saturated heterocycles. The van der Waals surface area contributed by atoms with Crippen LogP contribution in [-0.2, 0) is 11.3 Å².